The van der Waals surface area contributed by atoms with Crippen LogP contribution in [0, 0.1) is 13.8 Å². The SMILES string of the molecule is Cc1noc(C)c1COc1ccccc1C(=O)NCc1ccccc1Cn1cncn1. The van der Waals surface area contributed by atoms with Crippen molar-refractivity contribution in [2.45, 2.75) is 33.5 Å². The van der Waals surface area contributed by atoms with Gasteiger partial charge in [-0.25, -0.2) is 9.67 Å². The van der Waals surface area contributed by atoms with Gasteiger partial charge in [-0.05, 0) is 37.1 Å². The van der Waals surface area contributed by atoms with E-state index in [0.717, 1.165) is 22.4 Å². The van der Waals surface area contributed by atoms with Crippen LogP contribution < -0.4 is 10.1 Å². The molecule has 2 aromatic carbocycles. The van der Waals surface area contributed by atoms with Crippen LogP contribution in [0.4, 0.5) is 0 Å². The van der Waals surface area contributed by atoms with Crippen molar-refractivity contribution < 1.29 is 14.1 Å². The van der Waals surface area contributed by atoms with Gasteiger partial charge in [0.1, 0.15) is 30.8 Å². The summed E-state index contributed by atoms with van der Waals surface area (Å²) in [6.45, 7) is 4.97. The Bertz CT molecular complexity index is 1150. The second-order valence-electron chi connectivity index (χ2n) is 7.13. The van der Waals surface area contributed by atoms with E-state index < -0.39 is 0 Å². The first-order valence-corrected chi connectivity index (χ1v) is 9.93. The van der Waals surface area contributed by atoms with Crippen molar-refractivity contribution in [1.29, 1.82) is 0 Å². The molecule has 8 nitrogen and oxygen atoms in total. The standard InChI is InChI=1S/C23H23N5O3/c1-16-21(17(2)31-27-16)13-30-22-10-6-5-9-20(22)23(29)25-11-18-7-3-4-8-19(18)12-28-15-24-14-26-28/h3-10,14-15H,11-13H2,1-2H3,(H,25,29). The molecule has 0 radical (unpaired) electrons. The maximum atomic E-state index is 12.9. The summed E-state index contributed by atoms with van der Waals surface area (Å²) < 4.78 is 12.9. The third kappa shape index (κ3) is 4.80. The summed E-state index contributed by atoms with van der Waals surface area (Å²) >= 11 is 0. The summed E-state index contributed by atoms with van der Waals surface area (Å²) in [7, 11) is 0. The number of para-hydroxylation sites is 1. The van der Waals surface area contributed by atoms with Gasteiger partial charge in [-0.3, -0.25) is 4.79 Å². The normalized spacial score (nSPS) is 10.8. The molecule has 0 bridgehead atoms. The molecule has 31 heavy (non-hydrogen) atoms. The minimum Gasteiger partial charge on any atom is -0.488 e. The Labute approximate surface area is 179 Å². The topological polar surface area (TPSA) is 95.1 Å². The van der Waals surface area contributed by atoms with Crippen molar-refractivity contribution in [3.63, 3.8) is 0 Å². The van der Waals surface area contributed by atoms with E-state index in [1.807, 2.05) is 50.2 Å². The second-order valence-corrected chi connectivity index (χ2v) is 7.13. The highest BCUT2D eigenvalue weighted by molar-refractivity contribution is 5.96. The van der Waals surface area contributed by atoms with Gasteiger partial charge in [0.2, 0.25) is 0 Å². The maximum Gasteiger partial charge on any atom is 0.255 e. The lowest BCUT2D eigenvalue weighted by molar-refractivity contribution is 0.0946. The zero-order chi connectivity index (χ0) is 21.6. The van der Waals surface area contributed by atoms with Gasteiger partial charge in [-0.15, -0.1) is 0 Å². The fourth-order valence-electron chi connectivity index (χ4n) is 3.28. The zero-order valence-electron chi connectivity index (χ0n) is 17.4. The molecule has 0 unspecified atom stereocenters. The fourth-order valence-corrected chi connectivity index (χ4v) is 3.28. The minimum atomic E-state index is -0.204. The number of benzene rings is 2. The lowest BCUT2D eigenvalue weighted by Crippen LogP contribution is -2.24. The number of amides is 1. The van der Waals surface area contributed by atoms with Crippen LogP contribution in [-0.2, 0) is 19.7 Å². The summed E-state index contributed by atoms with van der Waals surface area (Å²) in [5.74, 6) is 1.02. The number of carbonyl (C=O) groups is 1. The molecular weight excluding hydrogens is 394 g/mol. The van der Waals surface area contributed by atoms with Gasteiger partial charge in [-0.2, -0.15) is 5.10 Å². The van der Waals surface area contributed by atoms with Crippen LogP contribution in [0.2, 0.25) is 0 Å². The Morgan fingerprint density at radius 1 is 1.10 bits per heavy atom. The molecule has 0 atom stereocenters. The van der Waals surface area contributed by atoms with Crippen LogP contribution in [0.25, 0.3) is 0 Å². The minimum absolute atomic E-state index is 0.204. The summed E-state index contributed by atoms with van der Waals surface area (Å²) in [5.41, 5.74) is 4.22. The van der Waals surface area contributed by atoms with Crippen LogP contribution in [0.3, 0.4) is 0 Å². The first-order valence-electron chi connectivity index (χ1n) is 9.93. The first kappa shape index (κ1) is 20.3. The third-order valence-corrected chi connectivity index (χ3v) is 5.04. The number of aromatic nitrogens is 4. The summed E-state index contributed by atoms with van der Waals surface area (Å²) in [4.78, 5) is 16.9. The molecule has 0 spiro atoms. The van der Waals surface area contributed by atoms with Crippen LogP contribution >= 0.6 is 0 Å². The largest absolute Gasteiger partial charge is 0.488 e. The molecule has 4 rings (SSSR count). The summed E-state index contributed by atoms with van der Waals surface area (Å²) in [6, 6.07) is 15.1. The van der Waals surface area contributed by atoms with E-state index in [-0.39, 0.29) is 12.5 Å². The van der Waals surface area contributed by atoms with Crippen molar-refractivity contribution in [3.05, 3.63) is 94.9 Å². The van der Waals surface area contributed by atoms with Crippen LogP contribution in [0.15, 0.2) is 65.7 Å². The van der Waals surface area contributed by atoms with Gasteiger partial charge in [0.05, 0.1) is 23.4 Å². The average molecular weight is 417 g/mol. The van der Waals surface area contributed by atoms with Gasteiger partial charge < -0.3 is 14.6 Å². The predicted molar refractivity (Wildman–Crippen MR) is 113 cm³/mol. The molecule has 1 N–H and O–H groups in total. The zero-order valence-corrected chi connectivity index (χ0v) is 17.4. The molecule has 158 valence electrons. The van der Waals surface area contributed by atoms with E-state index in [1.165, 1.54) is 6.33 Å². The monoisotopic (exact) mass is 417 g/mol. The van der Waals surface area contributed by atoms with Gasteiger partial charge in [0.15, 0.2) is 0 Å². The second kappa shape index (κ2) is 9.25. The molecule has 2 aromatic heterocycles. The van der Waals surface area contributed by atoms with E-state index in [4.69, 9.17) is 9.26 Å². The van der Waals surface area contributed by atoms with Crippen molar-refractivity contribution >= 4 is 5.91 Å². The highest BCUT2D eigenvalue weighted by Gasteiger charge is 2.15. The van der Waals surface area contributed by atoms with Gasteiger partial charge in [0.25, 0.3) is 5.91 Å². The van der Waals surface area contributed by atoms with Crippen molar-refractivity contribution in [3.8, 4) is 5.75 Å². The highest BCUT2D eigenvalue weighted by atomic mass is 16.5. The van der Waals surface area contributed by atoms with E-state index in [1.54, 1.807) is 23.1 Å². The van der Waals surface area contributed by atoms with Crippen LogP contribution in [0.1, 0.15) is 38.5 Å². The molecule has 0 aliphatic heterocycles. The van der Waals surface area contributed by atoms with Crippen LogP contribution in [-0.4, -0.2) is 25.8 Å². The molecule has 8 heteroatoms. The van der Waals surface area contributed by atoms with Crippen molar-refractivity contribution in [2.24, 2.45) is 0 Å². The molecule has 0 aliphatic carbocycles. The smallest absolute Gasteiger partial charge is 0.255 e. The highest BCUT2D eigenvalue weighted by Crippen LogP contribution is 2.22. The van der Waals surface area contributed by atoms with Gasteiger partial charge in [0, 0.05) is 6.54 Å². The molecule has 0 fully saturated rings. The summed E-state index contributed by atoms with van der Waals surface area (Å²) in [6.07, 6.45) is 3.17. The van der Waals surface area contributed by atoms with Gasteiger partial charge >= 0.3 is 0 Å². The number of hydrogen-bond acceptors (Lipinski definition) is 6. The summed E-state index contributed by atoms with van der Waals surface area (Å²) in [5, 5.41) is 11.1. The molecule has 0 saturated heterocycles. The molecule has 0 saturated carbocycles. The Kier molecular flexibility index (Phi) is 6.07. The predicted octanol–water partition coefficient (Wildman–Crippen LogP) is 3.44. The Morgan fingerprint density at radius 2 is 1.87 bits per heavy atom. The fraction of sp³-hybridized carbons (Fsp3) is 0.217. The number of nitrogens with one attached hydrogen (secondary N) is 1. The number of nitrogens with zero attached hydrogens (tertiary/aromatic N) is 4. The van der Waals surface area contributed by atoms with Gasteiger partial charge in [-0.1, -0.05) is 41.6 Å². The molecule has 0 aliphatic rings. The lowest BCUT2D eigenvalue weighted by Gasteiger charge is -2.13. The maximum absolute atomic E-state index is 12.9. The van der Waals surface area contributed by atoms with E-state index in [0.29, 0.717) is 30.2 Å². The Balaban J connectivity index is 1.44. The first-order chi connectivity index (χ1) is 15.1. The van der Waals surface area contributed by atoms with Crippen molar-refractivity contribution in [1.82, 2.24) is 25.2 Å². The van der Waals surface area contributed by atoms with Crippen LogP contribution in [0.5, 0.6) is 5.75 Å². The lowest BCUT2D eigenvalue weighted by atomic mass is 10.1. The van der Waals surface area contributed by atoms with Crippen molar-refractivity contribution in [2.75, 3.05) is 0 Å². The average Bonchev–Trinajstić information content (AvgIpc) is 3.41. The number of ether oxygens (including phenoxy) is 1. The molecule has 2 heterocycles. The number of carbonyl (C=O) groups excluding carboxylic acids is 1. The number of hydrogen-bond donors (Lipinski definition) is 1. The molecule has 1 amide bonds. The number of rotatable bonds is 8. The van der Waals surface area contributed by atoms with E-state index in [9.17, 15) is 4.79 Å². The van der Waals surface area contributed by atoms with E-state index >= 15 is 0 Å². The molecular formula is C23H23N5O3. The molecule has 4 aromatic rings. The Hall–Kier alpha value is -3.94. The third-order valence-electron chi connectivity index (χ3n) is 5.04. The Morgan fingerprint density at radius 3 is 2.61 bits per heavy atom. The van der Waals surface area contributed by atoms with E-state index in [2.05, 4.69) is 20.6 Å². The quantitative estimate of drug-likeness (QED) is 0.472. The number of aryl methyl sites for hydroxylation is 2.